The predicted octanol–water partition coefficient (Wildman–Crippen LogP) is 11.7. The van der Waals surface area contributed by atoms with Crippen molar-refractivity contribution in [3.05, 3.63) is 0 Å². The quantitative estimate of drug-likeness (QED) is 0.0256. The Balaban J connectivity index is -0.00000126. The average Bonchev–Trinajstić information content (AvgIpc) is 3.50. The molecule has 18 nitrogen and oxygen atoms in total. The zero-order valence-electron chi connectivity index (χ0n) is 55.4. The van der Waals surface area contributed by atoms with Crippen LogP contribution in [0.2, 0.25) is 0 Å². The minimum Gasteiger partial charge on any atom is -0.396 e. The van der Waals surface area contributed by atoms with E-state index in [0.29, 0.717) is 134 Å². The fraction of sp³-hybridized carbons (Fsp3) is 0.870. The van der Waals surface area contributed by atoms with Gasteiger partial charge in [0.05, 0.1) is 0 Å². The Hall–Kier alpha value is -3.97. The van der Waals surface area contributed by atoms with E-state index < -0.39 is 0 Å². The number of carbonyl (C=O) groups is 9. The van der Waals surface area contributed by atoms with Crippen LogP contribution in [-0.4, -0.2) is 127 Å². The Morgan fingerprint density at radius 2 is 0.402 bits per heavy atom. The Morgan fingerprint density at radius 1 is 0.230 bits per heavy atom. The van der Waals surface area contributed by atoms with Gasteiger partial charge < -0.3 is 48.1 Å². The van der Waals surface area contributed by atoms with Gasteiger partial charge in [-0.3, -0.25) is 43.2 Å². The van der Waals surface area contributed by atoms with Crippen LogP contribution in [0.1, 0.15) is 328 Å². The molecule has 0 atom stereocenters. The third-order valence-corrected chi connectivity index (χ3v) is 15.2. The summed E-state index contributed by atoms with van der Waals surface area (Å²) < 4.78 is 0. The number of carbonyl (C=O) groups excluding carboxylic acids is 9. The van der Waals surface area contributed by atoms with E-state index in [9.17, 15) is 43.2 Å². The highest BCUT2D eigenvalue weighted by molar-refractivity contribution is 5.81. The predicted molar refractivity (Wildman–Crippen MR) is 353 cm³/mol. The number of amides is 4. The number of aliphatic hydroxyl groups excluding tert-OH is 3. The molecule has 0 rings (SSSR count). The second-order valence-electron chi connectivity index (χ2n) is 23.7. The summed E-state index contributed by atoms with van der Waals surface area (Å²) in [6.45, 7) is 6.96. The first kappa shape index (κ1) is 87.2. The maximum absolute atomic E-state index is 12.0. The van der Waals surface area contributed by atoms with Gasteiger partial charge in [0.2, 0.25) is 23.6 Å². The molecule has 0 fully saturated rings. The lowest BCUT2D eigenvalue weighted by Gasteiger charge is -2.07. The van der Waals surface area contributed by atoms with Crippen molar-refractivity contribution in [2.75, 3.05) is 59.1 Å². The first-order valence-electron chi connectivity index (χ1n) is 35.2. The van der Waals surface area contributed by atoms with Crippen LogP contribution in [0, 0.1) is 0 Å². The summed E-state index contributed by atoms with van der Waals surface area (Å²) in [6.07, 6.45) is 41.6. The zero-order valence-corrected chi connectivity index (χ0v) is 55.4. The van der Waals surface area contributed by atoms with Gasteiger partial charge in [-0.15, -0.1) is 0 Å². The SMILES string of the molecule is CCCCCCCNC(=O)CCCCC(=O)CCCCN.NCCCCC(=O)CCCCC(=O)NCCCCCCNC(=O)CCCCCO.O=C(CCCCCO)CCCCCCCNC(=O)CCCCC(=O)CCCCCC(=O)CCCCCO. The van der Waals surface area contributed by atoms with Crippen molar-refractivity contribution in [1.82, 2.24) is 21.3 Å². The number of nitrogens with two attached hydrogens (primary N) is 2. The molecule has 11 N–H and O–H groups in total. The van der Waals surface area contributed by atoms with E-state index >= 15 is 0 Å². The topological polar surface area (TPSA) is 314 Å². The van der Waals surface area contributed by atoms with Gasteiger partial charge in [-0.05, 0) is 161 Å². The first-order valence-corrected chi connectivity index (χ1v) is 35.2. The van der Waals surface area contributed by atoms with Crippen LogP contribution in [-0.2, 0) is 43.2 Å². The summed E-state index contributed by atoms with van der Waals surface area (Å²) in [5.41, 5.74) is 10.8. The first-order chi connectivity index (χ1) is 42.3. The molecular weight excluding hydrogens is 1100 g/mol. The summed E-state index contributed by atoms with van der Waals surface area (Å²) in [6, 6.07) is 0. The lowest BCUT2D eigenvalue weighted by molar-refractivity contribution is -0.122. The molecular formula is C69H132N6O12. The van der Waals surface area contributed by atoms with Crippen molar-refractivity contribution < 1.29 is 58.5 Å². The highest BCUT2D eigenvalue weighted by atomic mass is 16.3. The van der Waals surface area contributed by atoms with E-state index in [-0.39, 0.29) is 60.8 Å². The van der Waals surface area contributed by atoms with Crippen LogP contribution in [0.4, 0.5) is 0 Å². The van der Waals surface area contributed by atoms with Gasteiger partial charge in [-0.2, -0.15) is 0 Å². The molecule has 510 valence electrons. The van der Waals surface area contributed by atoms with E-state index in [0.717, 1.165) is 212 Å². The number of Topliss-reactive ketones (excluding diaryl/α,β-unsaturated/α-hetero) is 5. The van der Waals surface area contributed by atoms with Crippen molar-refractivity contribution in [2.24, 2.45) is 11.5 Å². The molecule has 0 saturated heterocycles. The second-order valence-corrected chi connectivity index (χ2v) is 23.7. The molecule has 4 amide bonds. The van der Waals surface area contributed by atoms with Crippen LogP contribution in [0.3, 0.4) is 0 Å². The molecule has 0 aliphatic heterocycles. The molecule has 0 saturated carbocycles. The van der Waals surface area contributed by atoms with E-state index in [1.165, 1.54) is 25.7 Å². The highest BCUT2D eigenvalue weighted by Gasteiger charge is 2.10. The summed E-state index contributed by atoms with van der Waals surface area (Å²) in [4.78, 5) is 105. The lowest BCUT2D eigenvalue weighted by Crippen LogP contribution is -2.24. The molecule has 0 aliphatic carbocycles. The van der Waals surface area contributed by atoms with Gasteiger partial charge in [0, 0.05) is 136 Å². The number of unbranched alkanes of at least 4 members (excludes halogenated alkanes) is 24. The maximum Gasteiger partial charge on any atom is 0.219 e. The normalized spacial score (nSPS) is 10.8. The Labute approximate surface area is 528 Å². The number of ketones is 5. The number of rotatable bonds is 65. The molecule has 0 unspecified atom stereocenters. The molecule has 0 aromatic heterocycles. The standard InChI is InChI=1S/C30H55NO6.C22H43N3O4.C17H34N2O2/c32-25-15-5-10-20-27(34)17-7-2-1-3-14-24-31-30(37)23-13-12-22-29(36)19-9-4-8-18-28(35)21-11-6-16-26-33;23-16-8-7-13-20(27)12-5-6-15-22(29)25-18-10-2-1-9-17-24-21(28)14-4-3-11-19-26;1-2-3-4-5-10-15-19-17(21)13-7-6-11-16(20)12-8-9-14-18/h32-33H,1-26H2,(H,31,37);26H,1-19,23H2,(H,24,28)(H,25,29);2-15,18H2,1H3,(H,19,21). The van der Waals surface area contributed by atoms with Crippen LogP contribution < -0.4 is 32.7 Å². The minimum absolute atomic E-state index is 0.0558. The molecule has 0 heterocycles. The smallest absolute Gasteiger partial charge is 0.219 e. The molecule has 0 aromatic carbocycles. The second kappa shape index (κ2) is 72.8. The number of hydrogen-bond acceptors (Lipinski definition) is 14. The zero-order chi connectivity index (χ0) is 64.7. The van der Waals surface area contributed by atoms with Gasteiger partial charge >= 0.3 is 0 Å². The summed E-state index contributed by atoms with van der Waals surface area (Å²) >= 11 is 0. The third kappa shape index (κ3) is 76.2. The highest BCUT2D eigenvalue weighted by Crippen LogP contribution is 2.13. The Kier molecular flexibility index (Phi) is 73.0. The van der Waals surface area contributed by atoms with Crippen LogP contribution >= 0.6 is 0 Å². The van der Waals surface area contributed by atoms with Gasteiger partial charge in [-0.1, -0.05) is 90.4 Å². The Morgan fingerprint density at radius 3 is 0.644 bits per heavy atom. The van der Waals surface area contributed by atoms with Crippen LogP contribution in [0.5, 0.6) is 0 Å². The van der Waals surface area contributed by atoms with Gasteiger partial charge in [0.25, 0.3) is 0 Å². The number of nitrogens with one attached hydrogen (secondary N) is 4. The number of hydrogen-bond donors (Lipinski definition) is 9. The van der Waals surface area contributed by atoms with E-state index in [1.807, 2.05) is 0 Å². The summed E-state index contributed by atoms with van der Waals surface area (Å²) in [5, 5.41) is 37.9. The molecule has 0 radical (unpaired) electrons. The number of aliphatic hydroxyl groups is 3. The largest absolute Gasteiger partial charge is 0.396 e. The fourth-order valence-electron chi connectivity index (χ4n) is 9.57. The molecule has 0 aromatic rings. The molecule has 87 heavy (non-hydrogen) atoms. The van der Waals surface area contributed by atoms with Crippen molar-refractivity contribution in [1.29, 1.82) is 0 Å². The summed E-state index contributed by atoms with van der Waals surface area (Å²) in [5.74, 6) is 1.78. The minimum atomic E-state index is 0.0558. The van der Waals surface area contributed by atoms with Crippen molar-refractivity contribution in [3.63, 3.8) is 0 Å². The van der Waals surface area contributed by atoms with Crippen LogP contribution in [0.25, 0.3) is 0 Å². The van der Waals surface area contributed by atoms with Crippen molar-refractivity contribution in [3.8, 4) is 0 Å². The van der Waals surface area contributed by atoms with Crippen molar-refractivity contribution >= 4 is 52.5 Å². The molecule has 0 bridgehead atoms. The van der Waals surface area contributed by atoms with Gasteiger partial charge in [-0.25, -0.2) is 0 Å². The molecule has 0 aliphatic rings. The van der Waals surface area contributed by atoms with E-state index in [1.54, 1.807) is 0 Å². The average molecular weight is 1240 g/mol. The van der Waals surface area contributed by atoms with E-state index in [4.69, 9.17) is 26.8 Å². The monoisotopic (exact) mass is 1240 g/mol. The summed E-state index contributed by atoms with van der Waals surface area (Å²) in [7, 11) is 0. The molecule has 0 spiro atoms. The third-order valence-electron chi connectivity index (χ3n) is 15.2. The van der Waals surface area contributed by atoms with Crippen LogP contribution in [0.15, 0.2) is 0 Å². The van der Waals surface area contributed by atoms with Gasteiger partial charge in [0.15, 0.2) is 0 Å². The lowest BCUT2D eigenvalue weighted by atomic mass is 10.0. The maximum atomic E-state index is 12.0. The Bertz CT molecular complexity index is 1650. The fourth-order valence-corrected chi connectivity index (χ4v) is 9.57. The van der Waals surface area contributed by atoms with Crippen molar-refractivity contribution in [2.45, 2.75) is 328 Å². The van der Waals surface area contributed by atoms with Gasteiger partial charge in [0.1, 0.15) is 28.9 Å². The molecule has 18 heteroatoms. The van der Waals surface area contributed by atoms with E-state index in [2.05, 4.69) is 28.2 Å².